The van der Waals surface area contributed by atoms with Crippen LogP contribution in [0.3, 0.4) is 0 Å². The van der Waals surface area contributed by atoms with Gasteiger partial charge in [-0.25, -0.2) is 0 Å². The van der Waals surface area contributed by atoms with E-state index in [4.69, 9.17) is 5.11 Å². The lowest BCUT2D eigenvalue weighted by atomic mass is 10.1. The summed E-state index contributed by atoms with van der Waals surface area (Å²) in [6, 6.07) is 8.48. The number of carboxylic acid groups (broad SMARTS) is 1. The lowest BCUT2D eigenvalue weighted by Crippen LogP contribution is -1.93. The molecule has 0 spiro atoms. The summed E-state index contributed by atoms with van der Waals surface area (Å²) in [5, 5.41) is 8.41. The molecule has 22 heavy (non-hydrogen) atoms. The molecule has 1 N–H and O–H groups in total. The Labute approximate surface area is 137 Å². The standard InChI is InChI=1S/C12H24O2.C8H10/c1-2-3-4-5-6-7-8-9-10-11-12(13)14;1-7-3-5-8(2)6-4-7/h2-11H2,1H3,(H,13,14);3-6H,1-2H3. The number of hydrogen-bond donors (Lipinski definition) is 1. The van der Waals surface area contributed by atoms with Crippen LogP contribution in [-0.2, 0) is 4.79 Å². The maximum atomic E-state index is 10.2. The summed E-state index contributed by atoms with van der Waals surface area (Å²) in [5.41, 5.74) is 2.66. The second-order valence-corrected chi connectivity index (χ2v) is 6.13. The van der Waals surface area contributed by atoms with E-state index in [1.54, 1.807) is 0 Å². The number of unbranched alkanes of at least 4 members (excludes halogenated alkanes) is 8. The van der Waals surface area contributed by atoms with Gasteiger partial charge in [0.2, 0.25) is 0 Å². The highest BCUT2D eigenvalue weighted by Crippen LogP contribution is 2.10. The number of hydrogen-bond acceptors (Lipinski definition) is 1. The van der Waals surface area contributed by atoms with E-state index in [9.17, 15) is 4.79 Å². The first-order valence-electron chi connectivity index (χ1n) is 8.81. The third kappa shape index (κ3) is 15.1. The quantitative estimate of drug-likeness (QED) is 0.515. The van der Waals surface area contributed by atoms with Crippen LogP contribution in [0.2, 0.25) is 0 Å². The fourth-order valence-electron chi connectivity index (χ4n) is 2.22. The van der Waals surface area contributed by atoms with Crippen molar-refractivity contribution in [1.29, 1.82) is 0 Å². The zero-order valence-corrected chi connectivity index (χ0v) is 14.7. The largest absolute Gasteiger partial charge is 0.481 e. The summed E-state index contributed by atoms with van der Waals surface area (Å²) < 4.78 is 0. The second-order valence-electron chi connectivity index (χ2n) is 6.13. The Kier molecular flexibility index (Phi) is 13.7. The summed E-state index contributed by atoms with van der Waals surface area (Å²) >= 11 is 0. The molecule has 0 aliphatic rings. The molecule has 1 aromatic rings. The van der Waals surface area contributed by atoms with Crippen LogP contribution < -0.4 is 0 Å². The van der Waals surface area contributed by atoms with Crippen LogP contribution in [0.1, 0.15) is 82.3 Å². The van der Waals surface area contributed by atoms with Crippen molar-refractivity contribution in [3.63, 3.8) is 0 Å². The van der Waals surface area contributed by atoms with E-state index in [1.165, 1.54) is 56.1 Å². The molecule has 0 aromatic heterocycles. The van der Waals surface area contributed by atoms with E-state index < -0.39 is 5.97 Å². The minimum atomic E-state index is -0.659. The molecule has 0 amide bonds. The third-order valence-electron chi connectivity index (χ3n) is 3.71. The molecule has 0 aliphatic heterocycles. The van der Waals surface area contributed by atoms with E-state index in [1.807, 2.05) is 0 Å². The molecule has 126 valence electrons. The van der Waals surface area contributed by atoms with Gasteiger partial charge in [0.05, 0.1) is 0 Å². The van der Waals surface area contributed by atoms with Crippen molar-refractivity contribution in [2.75, 3.05) is 0 Å². The second kappa shape index (κ2) is 14.6. The molecule has 0 unspecified atom stereocenters. The van der Waals surface area contributed by atoms with Gasteiger partial charge < -0.3 is 5.11 Å². The highest BCUT2D eigenvalue weighted by atomic mass is 16.4. The van der Waals surface area contributed by atoms with Gasteiger partial charge in [-0.1, -0.05) is 93.7 Å². The van der Waals surface area contributed by atoms with Crippen LogP contribution in [0.15, 0.2) is 24.3 Å². The smallest absolute Gasteiger partial charge is 0.303 e. The number of aliphatic carboxylic acids is 1. The van der Waals surface area contributed by atoms with Gasteiger partial charge >= 0.3 is 5.97 Å². The molecule has 0 bridgehead atoms. The van der Waals surface area contributed by atoms with Crippen LogP contribution in [-0.4, -0.2) is 11.1 Å². The van der Waals surface area contributed by atoms with Gasteiger partial charge in [-0.15, -0.1) is 0 Å². The fraction of sp³-hybridized carbons (Fsp3) is 0.650. The molecular formula is C20H34O2. The van der Waals surface area contributed by atoms with Gasteiger partial charge in [0.15, 0.2) is 0 Å². The van der Waals surface area contributed by atoms with Gasteiger partial charge in [-0.3, -0.25) is 4.79 Å². The van der Waals surface area contributed by atoms with E-state index in [-0.39, 0.29) is 0 Å². The van der Waals surface area contributed by atoms with Gasteiger partial charge in [0, 0.05) is 6.42 Å². The molecular weight excluding hydrogens is 272 g/mol. The van der Waals surface area contributed by atoms with E-state index in [0.717, 1.165) is 12.8 Å². The summed E-state index contributed by atoms with van der Waals surface area (Å²) in [7, 11) is 0. The summed E-state index contributed by atoms with van der Waals surface area (Å²) in [5.74, 6) is -0.659. The Morgan fingerprint density at radius 2 is 1.14 bits per heavy atom. The summed E-state index contributed by atoms with van der Waals surface area (Å²) in [4.78, 5) is 10.2. The Morgan fingerprint density at radius 1 is 0.773 bits per heavy atom. The molecule has 1 aromatic carbocycles. The lowest BCUT2D eigenvalue weighted by molar-refractivity contribution is -0.137. The Hall–Kier alpha value is -1.31. The number of carboxylic acids is 1. The normalized spacial score (nSPS) is 9.95. The van der Waals surface area contributed by atoms with Gasteiger partial charge in [0.25, 0.3) is 0 Å². The van der Waals surface area contributed by atoms with Crippen LogP contribution in [0, 0.1) is 13.8 Å². The van der Waals surface area contributed by atoms with Crippen LogP contribution >= 0.6 is 0 Å². The summed E-state index contributed by atoms with van der Waals surface area (Å²) in [6.45, 7) is 6.42. The van der Waals surface area contributed by atoms with Crippen molar-refractivity contribution >= 4 is 5.97 Å². The summed E-state index contributed by atoms with van der Waals surface area (Å²) in [6.07, 6.45) is 11.5. The minimum absolute atomic E-state index is 0.343. The predicted octanol–water partition coefficient (Wildman–Crippen LogP) is 6.30. The maximum Gasteiger partial charge on any atom is 0.303 e. The molecule has 0 saturated heterocycles. The van der Waals surface area contributed by atoms with Crippen molar-refractivity contribution in [3.05, 3.63) is 35.4 Å². The molecule has 0 radical (unpaired) electrons. The minimum Gasteiger partial charge on any atom is -0.481 e. The molecule has 0 saturated carbocycles. The molecule has 0 fully saturated rings. The third-order valence-corrected chi connectivity index (χ3v) is 3.71. The highest BCUT2D eigenvalue weighted by Gasteiger charge is 1.96. The van der Waals surface area contributed by atoms with Gasteiger partial charge in [0.1, 0.15) is 0 Å². The Morgan fingerprint density at radius 3 is 1.50 bits per heavy atom. The molecule has 0 heterocycles. The molecule has 0 atom stereocenters. The SMILES string of the molecule is CCCCCCCCCCCC(=O)O.Cc1ccc(C)cc1. The monoisotopic (exact) mass is 306 g/mol. The average Bonchev–Trinajstić information content (AvgIpc) is 2.49. The Bertz CT molecular complexity index is 347. The van der Waals surface area contributed by atoms with Crippen molar-refractivity contribution < 1.29 is 9.90 Å². The van der Waals surface area contributed by atoms with Crippen molar-refractivity contribution in [2.24, 2.45) is 0 Å². The van der Waals surface area contributed by atoms with Crippen LogP contribution in [0.25, 0.3) is 0 Å². The van der Waals surface area contributed by atoms with E-state index >= 15 is 0 Å². The number of rotatable bonds is 10. The average molecular weight is 306 g/mol. The fourth-order valence-corrected chi connectivity index (χ4v) is 2.22. The first kappa shape index (κ1) is 20.7. The topological polar surface area (TPSA) is 37.3 Å². The van der Waals surface area contributed by atoms with Gasteiger partial charge in [-0.2, -0.15) is 0 Å². The number of aryl methyl sites for hydroxylation is 2. The first-order chi connectivity index (χ1) is 10.6. The van der Waals surface area contributed by atoms with E-state index in [2.05, 4.69) is 45.0 Å². The number of carbonyl (C=O) groups is 1. The molecule has 2 nitrogen and oxygen atoms in total. The first-order valence-corrected chi connectivity index (χ1v) is 8.81. The van der Waals surface area contributed by atoms with Crippen molar-refractivity contribution in [1.82, 2.24) is 0 Å². The Balaban J connectivity index is 0.000000461. The van der Waals surface area contributed by atoms with Crippen molar-refractivity contribution in [3.8, 4) is 0 Å². The predicted molar refractivity (Wildman–Crippen MR) is 95.4 cm³/mol. The zero-order chi connectivity index (χ0) is 16.6. The maximum absolute atomic E-state index is 10.2. The van der Waals surface area contributed by atoms with Crippen LogP contribution in [0.5, 0.6) is 0 Å². The zero-order valence-electron chi connectivity index (χ0n) is 14.7. The van der Waals surface area contributed by atoms with E-state index in [0.29, 0.717) is 6.42 Å². The number of benzene rings is 1. The molecule has 2 heteroatoms. The van der Waals surface area contributed by atoms with Crippen molar-refractivity contribution in [2.45, 2.75) is 85.0 Å². The molecule has 1 rings (SSSR count). The highest BCUT2D eigenvalue weighted by molar-refractivity contribution is 5.66. The molecule has 0 aliphatic carbocycles. The van der Waals surface area contributed by atoms with Crippen LogP contribution in [0.4, 0.5) is 0 Å². The van der Waals surface area contributed by atoms with Gasteiger partial charge in [-0.05, 0) is 20.3 Å². The lowest BCUT2D eigenvalue weighted by Gasteiger charge is -2.00.